The molecular weight excluding hydrogens is 258 g/mol. The zero-order chi connectivity index (χ0) is 13.7. The Hall–Kier alpha value is -0.860. The molecule has 0 amide bonds. The number of hydrogen-bond donors (Lipinski definition) is 1. The predicted octanol–water partition coefficient (Wildman–Crippen LogP) is 3.75. The first-order valence-electron chi connectivity index (χ1n) is 7.15. The highest BCUT2D eigenvalue weighted by molar-refractivity contribution is 6.31. The molecule has 1 aliphatic rings. The van der Waals surface area contributed by atoms with Gasteiger partial charge in [-0.15, -0.1) is 0 Å². The van der Waals surface area contributed by atoms with E-state index in [0.717, 1.165) is 31.2 Å². The third-order valence-corrected chi connectivity index (χ3v) is 4.72. The molecule has 0 heterocycles. The molecule has 2 N–H and O–H groups in total. The first-order valence-corrected chi connectivity index (χ1v) is 7.52. The number of carbonyl (C=O) groups is 1. The molecule has 1 fully saturated rings. The van der Waals surface area contributed by atoms with Crippen molar-refractivity contribution in [2.75, 3.05) is 6.54 Å². The van der Waals surface area contributed by atoms with Crippen molar-refractivity contribution in [3.63, 3.8) is 0 Å². The maximum atomic E-state index is 12.7. The van der Waals surface area contributed by atoms with Crippen LogP contribution in [0, 0.1) is 5.41 Å². The minimum absolute atomic E-state index is 0.269. The van der Waals surface area contributed by atoms with Gasteiger partial charge in [0, 0.05) is 23.4 Å². The van der Waals surface area contributed by atoms with Crippen molar-refractivity contribution in [3.8, 4) is 0 Å². The summed E-state index contributed by atoms with van der Waals surface area (Å²) in [5, 5.41) is 0.677. The van der Waals surface area contributed by atoms with Crippen LogP contribution < -0.4 is 5.73 Å². The average Bonchev–Trinajstić information content (AvgIpc) is 2.67. The fraction of sp³-hybridized carbons (Fsp3) is 0.562. The highest BCUT2D eigenvalue weighted by Crippen LogP contribution is 2.36. The van der Waals surface area contributed by atoms with Gasteiger partial charge < -0.3 is 5.73 Å². The van der Waals surface area contributed by atoms with Crippen molar-refractivity contribution in [1.29, 1.82) is 0 Å². The van der Waals surface area contributed by atoms with E-state index >= 15 is 0 Å². The van der Waals surface area contributed by atoms with Gasteiger partial charge in [-0.2, -0.15) is 0 Å². The van der Waals surface area contributed by atoms with E-state index in [1.54, 1.807) is 0 Å². The number of hydrogen-bond acceptors (Lipinski definition) is 2. The van der Waals surface area contributed by atoms with E-state index in [9.17, 15) is 4.79 Å². The van der Waals surface area contributed by atoms with Crippen molar-refractivity contribution in [2.24, 2.45) is 11.1 Å². The van der Waals surface area contributed by atoms with Crippen LogP contribution in [0.4, 0.5) is 0 Å². The Morgan fingerprint density at radius 3 is 2.37 bits per heavy atom. The second kappa shape index (κ2) is 6.53. The molecule has 3 heteroatoms. The van der Waals surface area contributed by atoms with E-state index in [2.05, 4.69) is 0 Å². The van der Waals surface area contributed by atoms with E-state index in [0.29, 0.717) is 18.0 Å². The second-order valence-corrected chi connectivity index (χ2v) is 6.00. The minimum Gasteiger partial charge on any atom is -0.329 e. The lowest BCUT2D eigenvalue weighted by Gasteiger charge is -2.30. The number of rotatable bonds is 4. The first-order chi connectivity index (χ1) is 9.18. The lowest BCUT2D eigenvalue weighted by Crippen LogP contribution is -2.39. The molecule has 0 atom stereocenters. The van der Waals surface area contributed by atoms with Crippen LogP contribution in [0.25, 0.3) is 0 Å². The molecule has 1 saturated carbocycles. The lowest BCUT2D eigenvalue weighted by molar-refractivity contribution is -0.128. The second-order valence-electron chi connectivity index (χ2n) is 5.59. The van der Waals surface area contributed by atoms with Crippen molar-refractivity contribution in [3.05, 3.63) is 34.9 Å². The monoisotopic (exact) mass is 279 g/mol. The highest BCUT2D eigenvalue weighted by Gasteiger charge is 2.36. The number of Topliss-reactive ketones (excluding diaryl/α,β-unsaturated/α-hetero) is 1. The van der Waals surface area contributed by atoms with Crippen molar-refractivity contribution in [1.82, 2.24) is 0 Å². The quantitative estimate of drug-likeness (QED) is 0.853. The highest BCUT2D eigenvalue weighted by atomic mass is 35.5. The Morgan fingerprint density at radius 2 is 1.79 bits per heavy atom. The van der Waals surface area contributed by atoms with E-state index in [-0.39, 0.29) is 11.2 Å². The number of benzene rings is 1. The number of carbonyl (C=O) groups excluding carboxylic acids is 1. The Morgan fingerprint density at radius 1 is 1.16 bits per heavy atom. The molecule has 1 aromatic rings. The van der Waals surface area contributed by atoms with Crippen LogP contribution in [0.3, 0.4) is 0 Å². The lowest BCUT2D eigenvalue weighted by atomic mass is 9.75. The van der Waals surface area contributed by atoms with Gasteiger partial charge in [-0.05, 0) is 24.5 Å². The summed E-state index contributed by atoms with van der Waals surface area (Å²) in [4.78, 5) is 12.7. The molecule has 1 aromatic carbocycles. The fourth-order valence-electron chi connectivity index (χ4n) is 3.00. The SMILES string of the molecule is NCC1(C(=O)Cc2ccccc2Cl)CCCCCC1. The largest absolute Gasteiger partial charge is 0.329 e. The Bertz CT molecular complexity index is 436. The third kappa shape index (κ3) is 3.37. The number of ketones is 1. The van der Waals surface area contributed by atoms with Gasteiger partial charge >= 0.3 is 0 Å². The van der Waals surface area contributed by atoms with E-state index in [4.69, 9.17) is 17.3 Å². The summed E-state index contributed by atoms with van der Waals surface area (Å²) in [5.41, 5.74) is 6.56. The Balaban J connectivity index is 2.14. The molecule has 0 radical (unpaired) electrons. The van der Waals surface area contributed by atoms with E-state index in [1.807, 2.05) is 24.3 Å². The fourth-order valence-corrected chi connectivity index (χ4v) is 3.21. The topological polar surface area (TPSA) is 43.1 Å². The molecular formula is C16H22ClNO. The summed E-state index contributed by atoms with van der Waals surface area (Å²) >= 11 is 6.14. The standard InChI is InChI=1S/C16H22ClNO/c17-14-8-4-3-7-13(14)11-15(19)16(12-18)9-5-1-2-6-10-16/h3-4,7-8H,1-2,5-6,9-12,18H2. The first kappa shape index (κ1) is 14.5. The smallest absolute Gasteiger partial charge is 0.144 e. The molecule has 1 aliphatic carbocycles. The minimum atomic E-state index is -0.310. The van der Waals surface area contributed by atoms with Gasteiger partial charge in [-0.3, -0.25) is 4.79 Å². The van der Waals surface area contributed by atoms with Gasteiger partial charge in [0.25, 0.3) is 0 Å². The predicted molar refractivity (Wildman–Crippen MR) is 79.4 cm³/mol. The van der Waals surface area contributed by atoms with Gasteiger partial charge in [0.1, 0.15) is 5.78 Å². The molecule has 104 valence electrons. The maximum Gasteiger partial charge on any atom is 0.144 e. The van der Waals surface area contributed by atoms with Crippen LogP contribution >= 0.6 is 11.6 Å². The maximum absolute atomic E-state index is 12.7. The molecule has 0 saturated heterocycles. The Kier molecular flexibility index (Phi) is 5.00. The van der Waals surface area contributed by atoms with E-state index < -0.39 is 0 Å². The van der Waals surface area contributed by atoms with Crippen LogP contribution in [-0.4, -0.2) is 12.3 Å². The average molecular weight is 280 g/mol. The van der Waals surface area contributed by atoms with Gasteiger partial charge in [-0.1, -0.05) is 55.5 Å². The van der Waals surface area contributed by atoms with Crippen LogP contribution in [-0.2, 0) is 11.2 Å². The molecule has 0 aromatic heterocycles. The zero-order valence-corrected chi connectivity index (χ0v) is 12.1. The molecule has 0 unspecified atom stereocenters. The molecule has 0 aliphatic heterocycles. The summed E-state index contributed by atoms with van der Waals surface area (Å²) in [7, 11) is 0. The van der Waals surface area contributed by atoms with Crippen molar-refractivity contribution >= 4 is 17.4 Å². The Labute approximate surface area is 120 Å². The third-order valence-electron chi connectivity index (χ3n) is 4.35. The molecule has 2 nitrogen and oxygen atoms in total. The van der Waals surface area contributed by atoms with Crippen molar-refractivity contribution < 1.29 is 4.79 Å². The summed E-state index contributed by atoms with van der Waals surface area (Å²) in [6, 6.07) is 7.59. The van der Waals surface area contributed by atoms with Crippen LogP contribution in [0.5, 0.6) is 0 Å². The van der Waals surface area contributed by atoms with Crippen LogP contribution in [0.2, 0.25) is 5.02 Å². The number of nitrogens with two attached hydrogens (primary N) is 1. The van der Waals surface area contributed by atoms with Gasteiger partial charge in [0.15, 0.2) is 0 Å². The van der Waals surface area contributed by atoms with Crippen LogP contribution in [0.15, 0.2) is 24.3 Å². The summed E-state index contributed by atoms with van der Waals surface area (Å²) in [6.07, 6.45) is 6.97. The molecule has 2 rings (SSSR count). The summed E-state index contributed by atoms with van der Waals surface area (Å²) in [5.74, 6) is 0.269. The summed E-state index contributed by atoms with van der Waals surface area (Å²) < 4.78 is 0. The van der Waals surface area contributed by atoms with Crippen LogP contribution in [0.1, 0.15) is 44.1 Å². The number of halogens is 1. The molecule has 19 heavy (non-hydrogen) atoms. The van der Waals surface area contributed by atoms with Crippen molar-refractivity contribution in [2.45, 2.75) is 44.9 Å². The van der Waals surface area contributed by atoms with E-state index in [1.165, 1.54) is 12.8 Å². The molecule has 0 bridgehead atoms. The van der Waals surface area contributed by atoms with Gasteiger partial charge in [-0.25, -0.2) is 0 Å². The summed E-state index contributed by atoms with van der Waals surface area (Å²) in [6.45, 7) is 0.469. The van der Waals surface area contributed by atoms with Gasteiger partial charge in [0.05, 0.1) is 0 Å². The zero-order valence-electron chi connectivity index (χ0n) is 11.3. The normalized spacial score (nSPS) is 18.8. The molecule has 0 spiro atoms. The van der Waals surface area contributed by atoms with Gasteiger partial charge in [0.2, 0.25) is 0 Å².